The van der Waals surface area contributed by atoms with E-state index in [2.05, 4.69) is 5.32 Å². The van der Waals surface area contributed by atoms with Crippen molar-refractivity contribution in [2.24, 2.45) is 0 Å². The van der Waals surface area contributed by atoms with Gasteiger partial charge in [0.05, 0.1) is 17.2 Å². The highest BCUT2D eigenvalue weighted by atomic mass is 19.4. The minimum Gasteiger partial charge on any atom is -0.488 e. The summed E-state index contributed by atoms with van der Waals surface area (Å²) in [6, 6.07) is 4.90. The van der Waals surface area contributed by atoms with Gasteiger partial charge in [-0.2, -0.15) is 18.4 Å². The fourth-order valence-corrected chi connectivity index (χ4v) is 1.47. The van der Waals surface area contributed by atoms with Crippen LogP contribution in [0.1, 0.15) is 11.1 Å². The predicted octanol–water partition coefficient (Wildman–Crippen LogP) is 1.93. The van der Waals surface area contributed by atoms with Crippen LogP contribution in [-0.4, -0.2) is 19.2 Å². The molecule has 0 radical (unpaired) electrons. The van der Waals surface area contributed by atoms with Crippen LogP contribution in [0.4, 0.5) is 13.2 Å². The lowest BCUT2D eigenvalue weighted by atomic mass is 10.1. The molecular formula is C11H9F3N2O. The number of ether oxygens (including phenoxy) is 1. The van der Waals surface area contributed by atoms with Crippen molar-refractivity contribution >= 4 is 0 Å². The third-order valence-electron chi connectivity index (χ3n) is 2.46. The van der Waals surface area contributed by atoms with Crippen LogP contribution in [0.2, 0.25) is 0 Å². The van der Waals surface area contributed by atoms with Gasteiger partial charge in [-0.25, -0.2) is 0 Å². The molecule has 1 N–H and O–H groups in total. The maximum atomic E-state index is 12.6. The normalized spacial score (nSPS) is 16.1. The Kier molecular flexibility index (Phi) is 2.94. The molecule has 0 aliphatic carbocycles. The molecule has 0 unspecified atom stereocenters. The zero-order valence-electron chi connectivity index (χ0n) is 8.71. The number of rotatable bonds is 2. The number of nitrogens with one attached hydrogen (secondary N) is 1. The topological polar surface area (TPSA) is 45.0 Å². The SMILES string of the molecule is N#Cc1ccc(OC2CNC2)cc1C(F)(F)F. The van der Waals surface area contributed by atoms with Crippen LogP contribution in [0.25, 0.3) is 0 Å². The molecule has 0 amide bonds. The number of nitrogens with zero attached hydrogens (tertiary/aromatic N) is 1. The fraction of sp³-hybridized carbons (Fsp3) is 0.364. The van der Waals surface area contributed by atoms with E-state index in [0.29, 0.717) is 13.1 Å². The largest absolute Gasteiger partial charge is 0.488 e. The van der Waals surface area contributed by atoms with Crippen molar-refractivity contribution in [3.63, 3.8) is 0 Å². The summed E-state index contributed by atoms with van der Waals surface area (Å²) < 4.78 is 43.2. The van der Waals surface area contributed by atoms with Gasteiger partial charge in [-0.3, -0.25) is 0 Å². The molecule has 1 aromatic rings. The van der Waals surface area contributed by atoms with Crippen molar-refractivity contribution in [1.29, 1.82) is 5.26 Å². The second kappa shape index (κ2) is 4.26. The van der Waals surface area contributed by atoms with Crippen molar-refractivity contribution in [2.75, 3.05) is 13.1 Å². The van der Waals surface area contributed by atoms with Gasteiger partial charge in [0.15, 0.2) is 0 Å². The molecule has 6 heteroatoms. The lowest BCUT2D eigenvalue weighted by molar-refractivity contribution is -0.137. The van der Waals surface area contributed by atoms with Gasteiger partial charge in [-0.15, -0.1) is 0 Å². The van der Waals surface area contributed by atoms with E-state index in [0.717, 1.165) is 12.1 Å². The summed E-state index contributed by atoms with van der Waals surface area (Å²) in [5.74, 6) is 0.142. The van der Waals surface area contributed by atoms with Gasteiger partial charge in [0.2, 0.25) is 0 Å². The van der Waals surface area contributed by atoms with Gasteiger partial charge < -0.3 is 10.1 Å². The molecule has 0 atom stereocenters. The Labute approximate surface area is 95.8 Å². The zero-order valence-corrected chi connectivity index (χ0v) is 8.71. The highest BCUT2D eigenvalue weighted by molar-refractivity contribution is 5.44. The molecule has 3 nitrogen and oxygen atoms in total. The van der Waals surface area contributed by atoms with Crippen LogP contribution in [-0.2, 0) is 6.18 Å². The summed E-state index contributed by atoms with van der Waals surface area (Å²) in [6.45, 7) is 1.25. The Morgan fingerprint density at radius 1 is 1.35 bits per heavy atom. The third kappa shape index (κ3) is 2.50. The first-order valence-electron chi connectivity index (χ1n) is 4.99. The first-order valence-corrected chi connectivity index (χ1v) is 4.99. The molecule has 0 spiro atoms. The molecule has 1 aliphatic heterocycles. The molecule has 1 aliphatic rings. The van der Waals surface area contributed by atoms with Gasteiger partial charge in [0.25, 0.3) is 0 Å². The smallest absolute Gasteiger partial charge is 0.417 e. The Morgan fingerprint density at radius 2 is 2.06 bits per heavy atom. The molecule has 90 valence electrons. The monoisotopic (exact) mass is 242 g/mol. The van der Waals surface area contributed by atoms with Gasteiger partial charge in [-0.05, 0) is 18.2 Å². The van der Waals surface area contributed by atoms with Crippen molar-refractivity contribution in [3.8, 4) is 11.8 Å². The molecule has 17 heavy (non-hydrogen) atoms. The summed E-state index contributed by atoms with van der Waals surface area (Å²) in [7, 11) is 0. The van der Waals surface area contributed by atoms with Crippen molar-refractivity contribution in [3.05, 3.63) is 29.3 Å². The van der Waals surface area contributed by atoms with E-state index >= 15 is 0 Å². The van der Waals surface area contributed by atoms with Crippen molar-refractivity contribution in [1.82, 2.24) is 5.32 Å². The standard InChI is InChI=1S/C11H9F3N2O/c12-11(13,14)10-3-8(2-1-7(10)4-15)17-9-5-16-6-9/h1-3,9,16H,5-6H2. The molecule has 0 bridgehead atoms. The van der Waals surface area contributed by atoms with Gasteiger partial charge in [0.1, 0.15) is 11.9 Å². The van der Waals surface area contributed by atoms with Crippen LogP contribution in [0.5, 0.6) is 5.75 Å². The van der Waals surface area contributed by atoms with Gasteiger partial charge >= 0.3 is 6.18 Å². The average Bonchev–Trinajstić information content (AvgIpc) is 2.22. The number of hydrogen-bond acceptors (Lipinski definition) is 3. The van der Waals surface area contributed by atoms with Crippen molar-refractivity contribution in [2.45, 2.75) is 12.3 Å². The van der Waals surface area contributed by atoms with Gasteiger partial charge in [-0.1, -0.05) is 0 Å². The predicted molar refractivity (Wildman–Crippen MR) is 53.4 cm³/mol. The Bertz CT molecular complexity index is 461. The lowest BCUT2D eigenvalue weighted by Crippen LogP contribution is -2.50. The molecule has 1 saturated heterocycles. The van der Waals surface area contributed by atoms with Crippen LogP contribution in [0, 0.1) is 11.3 Å². The zero-order chi connectivity index (χ0) is 12.5. The average molecular weight is 242 g/mol. The minimum atomic E-state index is -4.54. The van der Waals surface area contributed by atoms with Crippen LogP contribution in [0.15, 0.2) is 18.2 Å². The van der Waals surface area contributed by atoms with E-state index in [4.69, 9.17) is 10.00 Å². The summed E-state index contributed by atoms with van der Waals surface area (Å²) >= 11 is 0. The minimum absolute atomic E-state index is 0.0935. The van der Waals surface area contributed by atoms with E-state index in [9.17, 15) is 13.2 Å². The molecule has 1 heterocycles. The fourth-order valence-electron chi connectivity index (χ4n) is 1.47. The highest BCUT2D eigenvalue weighted by Crippen LogP contribution is 2.34. The molecular weight excluding hydrogens is 233 g/mol. The van der Waals surface area contributed by atoms with Crippen LogP contribution < -0.4 is 10.1 Å². The summed E-state index contributed by atoms with van der Waals surface area (Å²) in [5, 5.41) is 11.6. The van der Waals surface area contributed by atoms with E-state index in [1.807, 2.05) is 0 Å². The number of nitriles is 1. The maximum Gasteiger partial charge on any atom is 0.417 e. The summed E-state index contributed by atoms with van der Waals surface area (Å²) in [6.07, 6.45) is -4.63. The summed E-state index contributed by atoms with van der Waals surface area (Å²) in [5.41, 5.74) is -1.35. The molecule has 0 aromatic heterocycles. The second-order valence-electron chi connectivity index (χ2n) is 3.72. The van der Waals surface area contributed by atoms with E-state index < -0.39 is 17.3 Å². The first kappa shape index (κ1) is 11.7. The van der Waals surface area contributed by atoms with E-state index in [-0.39, 0.29) is 11.9 Å². The summed E-state index contributed by atoms with van der Waals surface area (Å²) in [4.78, 5) is 0. The number of alkyl halides is 3. The Balaban J connectivity index is 2.28. The second-order valence-corrected chi connectivity index (χ2v) is 3.72. The van der Waals surface area contributed by atoms with E-state index in [1.54, 1.807) is 0 Å². The lowest BCUT2D eigenvalue weighted by Gasteiger charge is -2.28. The van der Waals surface area contributed by atoms with E-state index in [1.165, 1.54) is 12.1 Å². The Morgan fingerprint density at radius 3 is 2.53 bits per heavy atom. The Hall–Kier alpha value is -1.74. The quantitative estimate of drug-likeness (QED) is 0.861. The van der Waals surface area contributed by atoms with Crippen LogP contribution in [0.3, 0.4) is 0 Å². The van der Waals surface area contributed by atoms with Crippen LogP contribution >= 0.6 is 0 Å². The maximum absolute atomic E-state index is 12.6. The molecule has 2 rings (SSSR count). The number of benzene rings is 1. The molecule has 1 fully saturated rings. The molecule has 1 aromatic carbocycles. The first-order chi connectivity index (χ1) is 8.00. The molecule has 0 saturated carbocycles. The third-order valence-corrected chi connectivity index (χ3v) is 2.46. The van der Waals surface area contributed by atoms with Gasteiger partial charge in [0, 0.05) is 13.1 Å². The highest BCUT2D eigenvalue weighted by Gasteiger charge is 2.34. The number of halogens is 3. The van der Waals surface area contributed by atoms with Crippen molar-refractivity contribution < 1.29 is 17.9 Å². The number of hydrogen-bond donors (Lipinski definition) is 1.